The summed E-state index contributed by atoms with van der Waals surface area (Å²) in [6.07, 6.45) is 0.865. The van der Waals surface area contributed by atoms with Gasteiger partial charge in [0, 0.05) is 35.9 Å². The van der Waals surface area contributed by atoms with E-state index in [4.69, 9.17) is 0 Å². The fourth-order valence-electron chi connectivity index (χ4n) is 4.08. The Bertz CT molecular complexity index is 1040. The van der Waals surface area contributed by atoms with E-state index < -0.39 is 0 Å². The van der Waals surface area contributed by atoms with Crippen molar-refractivity contribution in [2.24, 2.45) is 0 Å². The highest BCUT2D eigenvalue weighted by molar-refractivity contribution is 6.08. The molecule has 2 amide bonds. The molecule has 1 heterocycles. The summed E-state index contributed by atoms with van der Waals surface area (Å²) in [7, 11) is 0. The smallest absolute Gasteiger partial charge is 0.258 e. The fourth-order valence-corrected chi connectivity index (χ4v) is 4.08. The molecule has 4 heteroatoms. The molecule has 0 radical (unpaired) electrons. The maximum atomic E-state index is 13.2. The molecular formula is C26H26N2O2. The Morgan fingerprint density at radius 3 is 2.23 bits per heavy atom. The largest absolute Gasteiger partial charge is 0.335 e. The molecule has 0 N–H and O–H groups in total. The zero-order chi connectivity index (χ0) is 21.1. The third-order valence-electron chi connectivity index (χ3n) is 5.69. The average Bonchev–Trinajstić information content (AvgIpc) is 3.13. The molecule has 0 saturated heterocycles. The number of fused-ring (bicyclic) bond motifs is 1. The van der Waals surface area contributed by atoms with E-state index >= 15 is 0 Å². The van der Waals surface area contributed by atoms with E-state index in [-0.39, 0.29) is 17.9 Å². The van der Waals surface area contributed by atoms with Crippen LogP contribution in [0.25, 0.3) is 0 Å². The topological polar surface area (TPSA) is 40.6 Å². The van der Waals surface area contributed by atoms with Crippen LogP contribution in [0.2, 0.25) is 0 Å². The fraction of sp³-hybridized carbons (Fsp3) is 0.231. The first-order valence-corrected chi connectivity index (χ1v) is 10.4. The lowest BCUT2D eigenvalue weighted by molar-refractivity contribution is 0.0752. The van der Waals surface area contributed by atoms with Gasteiger partial charge < -0.3 is 9.80 Å². The molecule has 0 fully saturated rings. The SMILES string of the molecule is CCN(Cc1ccccc1)C(=O)c1ccc(C(=O)N2c3ccccc3CC2C)cc1. The van der Waals surface area contributed by atoms with Gasteiger partial charge >= 0.3 is 0 Å². The molecule has 30 heavy (non-hydrogen) atoms. The van der Waals surface area contributed by atoms with E-state index in [1.807, 2.05) is 65.3 Å². The second-order valence-electron chi connectivity index (χ2n) is 7.74. The molecule has 4 rings (SSSR count). The number of nitrogens with zero attached hydrogens (tertiary/aromatic N) is 2. The average molecular weight is 399 g/mol. The lowest BCUT2D eigenvalue weighted by Crippen LogP contribution is -2.35. The summed E-state index contributed by atoms with van der Waals surface area (Å²) < 4.78 is 0. The summed E-state index contributed by atoms with van der Waals surface area (Å²) in [5.74, 6) is -0.0525. The highest BCUT2D eigenvalue weighted by atomic mass is 16.2. The lowest BCUT2D eigenvalue weighted by atomic mass is 10.1. The van der Waals surface area contributed by atoms with Gasteiger partial charge in [0.25, 0.3) is 11.8 Å². The predicted octanol–water partition coefficient (Wildman–Crippen LogP) is 4.94. The monoisotopic (exact) mass is 398 g/mol. The van der Waals surface area contributed by atoms with Crippen LogP contribution in [0, 0.1) is 0 Å². The highest BCUT2D eigenvalue weighted by Crippen LogP contribution is 2.33. The van der Waals surface area contributed by atoms with Crippen molar-refractivity contribution in [2.75, 3.05) is 11.4 Å². The van der Waals surface area contributed by atoms with Crippen molar-refractivity contribution in [1.82, 2.24) is 4.90 Å². The molecule has 3 aromatic carbocycles. The third-order valence-corrected chi connectivity index (χ3v) is 5.69. The van der Waals surface area contributed by atoms with Gasteiger partial charge in [0.1, 0.15) is 0 Å². The van der Waals surface area contributed by atoms with Crippen molar-refractivity contribution in [3.05, 3.63) is 101 Å². The van der Waals surface area contributed by atoms with Crippen LogP contribution in [0.4, 0.5) is 5.69 Å². The minimum Gasteiger partial charge on any atom is -0.335 e. The van der Waals surface area contributed by atoms with Crippen LogP contribution < -0.4 is 4.90 Å². The first kappa shape index (κ1) is 19.9. The molecule has 0 spiro atoms. The number of carbonyl (C=O) groups excluding carboxylic acids is 2. The summed E-state index contributed by atoms with van der Waals surface area (Å²) in [4.78, 5) is 29.8. The second-order valence-corrected chi connectivity index (χ2v) is 7.74. The molecule has 1 atom stereocenters. The standard InChI is InChI=1S/C26H26N2O2/c1-3-27(18-20-9-5-4-6-10-20)25(29)21-13-15-22(16-14-21)26(30)28-19(2)17-23-11-7-8-12-24(23)28/h4-16,19H,3,17-18H2,1-2H3. The lowest BCUT2D eigenvalue weighted by Gasteiger charge is -2.23. The molecule has 0 saturated carbocycles. The molecule has 152 valence electrons. The van der Waals surface area contributed by atoms with Gasteiger partial charge in [-0.05, 0) is 61.7 Å². The van der Waals surface area contributed by atoms with Gasteiger partial charge in [0.2, 0.25) is 0 Å². The Labute approximate surface area is 177 Å². The van der Waals surface area contributed by atoms with E-state index in [1.165, 1.54) is 5.56 Å². The molecule has 4 nitrogen and oxygen atoms in total. The summed E-state index contributed by atoms with van der Waals surface area (Å²) in [5.41, 5.74) is 4.47. The molecule has 1 aliphatic heterocycles. The zero-order valence-corrected chi connectivity index (χ0v) is 17.4. The highest BCUT2D eigenvalue weighted by Gasteiger charge is 2.31. The first-order chi connectivity index (χ1) is 14.6. The van der Waals surface area contributed by atoms with Crippen molar-refractivity contribution in [1.29, 1.82) is 0 Å². The Morgan fingerprint density at radius 2 is 1.53 bits per heavy atom. The molecule has 0 aromatic heterocycles. The van der Waals surface area contributed by atoms with Crippen LogP contribution in [-0.2, 0) is 13.0 Å². The summed E-state index contributed by atoms with van der Waals surface area (Å²) in [5, 5.41) is 0. The molecule has 0 bridgehead atoms. The Hall–Kier alpha value is -3.40. The Kier molecular flexibility index (Phi) is 5.66. The van der Waals surface area contributed by atoms with E-state index in [2.05, 4.69) is 13.0 Å². The number of rotatable bonds is 5. The van der Waals surface area contributed by atoms with E-state index in [0.29, 0.717) is 24.2 Å². The van der Waals surface area contributed by atoms with Crippen LogP contribution >= 0.6 is 0 Å². The number of carbonyl (C=O) groups is 2. The van der Waals surface area contributed by atoms with Gasteiger partial charge in [0.05, 0.1) is 0 Å². The number of hydrogen-bond acceptors (Lipinski definition) is 2. The first-order valence-electron chi connectivity index (χ1n) is 10.4. The maximum absolute atomic E-state index is 13.2. The summed E-state index contributed by atoms with van der Waals surface area (Å²) in [6, 6.07) is 25.2. The number of hydrogen-bond donors (Lipinski definition) is 0. The minimum atomic E-state index is -0.0276. The molecule has 1 unspecified atom stereocenters. The minimum absolute atomic E-state index is 0.0249. The number of anilines is 1. The van der Waals surface area contributed by atoms with E-state index in [9.17, 15) is 9.59 Å². The van der Waals surface area contributed by atoms with Crippen LogP contribution in [0.5, 0.6) is 0 Å². The van der Waals surface area contributed by atoms with Crippen molar-refractivity contribution in [3.63, 3.8) is 0 Å². The van der Waals surface area contributed by atoms with Gasteiger partial charge in [-0.1, -0.05) is 48.5 Å². The molecule has 0 aliphatic carbocycles. The van der Waals surface area contributed by atoms with Crippen molar-refractivity contribution in [2.45, 2.75) is 32.9 Å². The van der Waals surface area contributed by atoms with Gasteiger partial charge in [-0.2, -0.15) is 0 Å². The molecule has 1 aliphatic rings. The van der Waals surface area contributed by atoms with Gasteiger partial charge in [0.15, 0.2) is 0 Å². The van der Waals surface area contributed by atoms with Crippen LogP contribution in [-0.4, -0.2) is 29.3 Å². The number of amides is 2. The van der Waals surface area contributed by atoms with Crippen LogP contribution in [0.1, 0.15) is 45.7 Å². The van der Waals surface area contributed by atoms with E-state index in [0.717, 1.165) is 17.7 Å². The predicted molar refractivity (Wildman–Crippen MR) is 120 cm³/mol. The van der Waals surface area contributed by atoms with Crippen LogP contribution in [0.15, 0.2) is 78.9 Å². The molecule has 3 aromatic rings. The van der Waals surface area contributed by atoms with Crippen molar-refractivity contribution < 1.29 is 9.59 Å². The summed E-state index contributed by atoms with van der Waals surface area (Å²) in [6.45, 7) is 5.23. The summed E-state index contributed by atoms with van der Waals surface area (Å²) >= 11 is 0. The quantitative estimate of drug-likeness (QED) is 0.611. The normalized spacial score (nSPS) is 15.0. The van der Waals surface area contributed by atoms with Crippen molar-refractivity contribution in [3.8, 4) is 0 Å². The second kappa shape index (κ2) is 8.54. The Morgan fingerprint density at radius 1 is 0.900 bits per heavy atom. The van der Waals surface area contributed by atoms with Crippen molar-refractivity contribution >= 4 is 17.5 Å². The van der Waals surface area contributed by atoms with Crippen LogP contribution in [0.3, 0.4) is 0 Å². The molecular weight excluding hydrogens is 372 g/mol. The van der Waals surface area contributed by atoms with Gasteiger partial charge in [-0.25, -0.2) is 0 Å². The maximum Gasteiger partial charge on any atom is 0.258 e. The Balaban J connectivity index is 1.51. The number of benzene rings is 3. The third kappa shape index (κ3) is 3.86. The van der Waals surface area contributed by atoms with Gasteiger partial charge in [-0.15, -0.1) is 0 Å². The number of para-hydroxylation sites is 1. The van der Waals surface area contributed by atoms with E-state index in [1.54, 1.807) is 24.3 Å². The zero-order valence-electron chi connectivity index (χ0n) is 17.4. The van der Waals surface area contributed by atoms with Gasteiger partial charge in [-0.3, -0.25) is 9.59 Å².